The van der Waals surface area contributed by atoms with Crippen molar-refractivity contribution in [1.29, 1.82) is 0 Å². The van der Waals surface area contributed by atoms with E-state index in [1.807, 2.05) is 0 Å². The number of aryl methyl sites for hydroxylation is 1. The molecule has 198 valence electrons. The van der Waals surface area contributed by atoms with E-state index >= 15 is 0 Å². The summed E-state index contributed by atoms with van der Waals surface area (Å²) in [6.07, 6.45) is 2.12. The highest BCUT2D eigenvalue weighted by Gasteiger charge is 2.27. The quantitative estimate of drug-likeness (QED) is 0.113. The van der Waals surface area contributed by atoms with Gasteiger partial charge in [-0.2, -0.15) is 4.57 Å². The molecule has 5 rings (SSSR count). The van der Waals surface area contributed by atoms with E-state index in [0.717, 1.165) is 12.8 Å². The van der Waals surface area contributed by atoms with Crippen LogP contribution in [-0.4, -0.2) is 7.25 Å². The fraction of sp³-hybridized carbons (Fsp3) is 0.121. The van der Waals surface area contributed by atoms with Crippen molar-refractivity contribution in [1.82, 2.24) is 0 Å². The van der Waals surface area contributed by atoms with Crippen LogP contribution in [0.1, 0.15) is 24.9 Å². The molecule has 1 aromatic heterocycles. The Morgan fingerprint density at radius 2 is 0.897 bits per heavy atom. The summed E-state index contributed by atoms with van der Waals surface area (Å²) in [5, 5.41) is 0. The van der Waals surface area contributed by atoms with Crippen molar-refractivity contribution in [3.63, 3.8) is 0 Å². The molecule has 1 nitrogen and oxygen atoms in total. The molecule has 0 fully saturated rings. The van der Waals surface area contributed by atoms with E-state index in [4.69, 9.17) is 0 Å². The SMILES string of the molecule is CC(CCc1ccccc1)[n+]1c(-c2ccccc2)cc(-c2ccccc2)cc1-c1ccccc1.F[B-](F)(F)F. The molecular weight excluding hydrogens is 497 g/mol. The van der Waals surface area contributed by atoms with Crippen LogP contribution in [0.15, 0.2) is 133 Å². The monoisotopic (exact) mass is 527 g/mol. The lowest BCUT2D eigenvalue weighted by molar-refractivity contribution is -0.699. The Kier molecular flexibility index (Phi) is 9.32. The van der Waals surface area contributed by atoms with Gasteiger partial charge in [0.1, 0.15) is 0 Å². The van der Waals surface area contributed by atoms with E-state index in [9.17, 15) is 17.3 Å². The molecule has 5 aromatic rings. The van der Waals surface area contributed by atoms with Crippen molar-refractivity contribution in [3.05, 3.63) is 139 Å². The van der Waals surface area contributed by atoms with Crippen LogP contribution < -0.4 is 4.57 Å². The predicted octanol–water partition coefficient (Wildman–Crippen LogP) is 9.47. The molecule has 0 N–H and O–H groups in total. The number of hydrogen-bond donors (Lipinski definition) is 0. The zero-order chi connectivity index (χ0) is 27.7. The molecule has 0 aliphatic heterocycles. The Morgan fingerprint density at radius 3 is 1.31 bits per heavy atom. The Hall–Kier alpha value is -4.19. The highest BCUT2D eigenvalue weighted by molar-refractivity contribution is 6.50. The molecule has 0 bridgehead atoms. The van der Waals surface area contributed by atoms with Gasteiger partial charge in [0.25, 0.3) is 0 Å². The molecule has 1 heterocycles. The highest BCUT2D eigenvalue weighted by Crippen LogP contribution is 2.31. The molecular formula is C33H30BF4N. The molecule has 0 amide bonds. The second-order valence-electron chi connectivity index (χ2n) is 9.35. The number of hydrogen-bond acceptors (Lipinski definition) is 0. The third kappa shape index (κ3) is 8.15. The van der Waals surface area contributed by atoms with Crippen LogP contribution >= 0.6 is 0 Å². The van der Waals surface area contributed by atoms with Crippen LogP contribution in [0.3, 0.4) is 0 Å². The van der Waals surface area contributed by atoms with Gasteiger partial charge in [-0.05, 0) is 54.3 Å². The summed E-state index contributed by atoms with van der Waals surface area (Å²) < 4.78 is 41.5. The zero-order valence-corrected chi connectivity index (χ0v) is 21.7. The van der Waals surface area contributed by atoms with Crippen LogP contribution in [0.2, 0.25) is 0 Å². The standard InChI is InChI=1S/C33H30N.BF4/c1-26(22-23-27-14-6-2-7-15-27)34-32(29-18-10-4-11-19-29)24-31(28-16-8-3-9-17-28)25-33(34)30-20-12-5-13-21-30;2-1(3,4)5/h2-21,24-26H,22-23H2,1H3;/q+1;-1. The minimum absolute atomic E-state index is 0.329. The zero-order valence-electron chi connectivity index (χ0n) is 21.7. The summed E-state index contributed by atoms with van der Waals surface area (Å²) >= 11 is 0. The summed E-state index contributed by atoms with van der Waals surface area (Å²) in [5.41, 5.74) is 8.85. The van der Waals surface area contributed by atoms with Crippen LogP contribution in [0.5, 0.6) is 0 Å². The van der Waals surface area contributed by atoms with Crippen molar-refractivity contribution in [2.75, 3.05) is 0 Å². The van der Waals surface area contributed by atoms with Gasteiger partial charge < -0.3 is 17.3 Å². The summed E-state index contributed by atoms with van der Waals surface area (Å²) in [6.45, 7) is 2.35. The third-order valence-electron chi connectivity index (χ3n) is 6.48. The lowest BCUT2D eigenvalue weighted by Gasteiger charge is -2.17. The molecule has 0 saturated heterocycles. The van der Waals surface area contributed by atoms with Gasteiger partial charge in [0, 0.05) is 29.7 Å². The Balaban J connectivity index is 0.000000648. The molecule has 0 aliphatic carbocycles. The minimum Gasteiger partial charge on any atom is -0.418 e. The second-order valence-corrected chi connectivity index (χ2v) is 9.35. The van der Waals surface area contributed by atoms with Gasteiger partial charge in [-0.3, -0.25) is 0 Å². The second kappa shape index (κ2) is 13.1. The van der Waals surface area contributed by atoms with Crippen molar-refractivity contribution in [2.45, 2.75) is 25.8 Å². The number of aromatic nitrogens is 1. The summed E-state index contributed by atoms with van der Waals surface area (Å²) in [7, 11) is -6.00. The molecule has 1 atom stereocenters. The molecule has 0 saturated carbocycles. The van der Waals surface area contributed by atoms with E-state index in [2.05, 4.69) is 145 Å². The number of rotatable bonds is 7. The first-order valence-electron chi connectivity index (χ1n) is 13.0. The van der Waals surface area contributed by atoms with Crippen molar-refractivity contribution >= 4 is 7.25 Å². The molecule has 0 spiro atoms. The molecule has 0 aliphatic rings. The first kappa shape index (κ1) is 27.8. The average Bonchev–Trinajstić information content (AvgIpc) is 2.96. The maximum Gasteiger partial charge on any atom is 0.673 e. The molecule has 4 aromatic carbocycles. The van der Waals surface area contributed by atoms with Gasteiger partial charge in [-0.25, -0.2) is 0 Å². The fourth-order valence-electron chi connectivity index (χ4n) is 4.69. The van der Waals surface area contributed by atoms with Gasteiger partial charge in [-0.15, -0.1) is 0 Å². The lowest BCUT2D eigenvalue weighted by atomic mass is 9.97. The van der Waals surface area contributed by atoms with Gasteiger partial charge in [-0.1, -0.05) is 97.1 Å². The van der Waals surface area contributed by atoms with Gasteiger partial charge >= 0.3 is 7.25 Å². The smallest absolute Gasteiger partial charge is 0.418 e. The predicted molar refractivity (Wildman–Crippen MR) is 153 cm³/mol. The fourth-order valence-corrected chi connectivity index (χ4v) is 4.69. The minimum atomic E-state index is -6.00. The van der Waals surface area contributed by atoms with Crippen LogP contribution in [0, 0.1) is 0 Å². The summed E-state index contributed by atoms with van der Waals surface area (Å²) in [4.78, 5) is 0. The van der Waals surface area contributed by atoms with Crippen molar-refractivity contribution in [2.24, 2.45) is 0 Å². The Labute approximate surface area is 227 Å². The van der Waals surface area contributed by atoms with Crippen molar-refractivity contribution < 1.29 is 21.8 Å². The largest absolute Gasteiger partial charge is 0.673 e. The topological polar surface area (TPSA) is 3.88 Å². The maximum absolute atomic E-state index is 9.75. The van der Waals surface area contributed by atoms with Gasteiger partial charge in [0.05, 0.1) is 0 Å². The highest BCUT2D eigenvalue weighted by atomic mass is 19.5. The third-order valence-corrected chi connectivity index (χ3v) is 6.48. The first-order chi connectivity index (χ1) is 18.8. The van der Waals surface area contributed by atoms with Crippen molar-refractivity contribution in [3.8, 4) is 33.6 Å². The van der Waals surface area contributed by atoms with Crippen LogP contribution in [0.25, 0.3) is 33.6 Å². The maximum atomic E-state index is 9.75. The number of halogens is 4. The molecule has 6 heteroatoms. The van der Waals surface area contributed by atoms with Gasteiger partial charge in [0.15, 0.2) is 6.04 Å². The number of benzene rings is 4. The first-order valence-corrected chi connectivity index (χ1v) is 13.0. The summed E-state index contributed by atoms with van der Waals surface area (Å²) in [6, 6.07) is 48.1. The van der Waals surface area contributed by atoms with E-state index in [-0.39, 0.29) is 0 Å². The van der Waals surface area contributed by atoms with Crippen LogP contribution in [0.4, 0.5) is 17.3 Å². The Morgan fingerprint density at radius 1 is 0.538 bits per heavy atom. The van der Waals surface area contributed by atoms with E-state index < -0.39 is 7.25 Å². The van der Waals surface area contributed by atoms with Gasteiger partial charge in [0.2, 0.25) is 11.4 Å². The molecule has 0 radical (unpaired) electrons. The average molecular weight is 527 g/mol. The van der Waals surface area contributed by atoms with Crippen LogP contribution in [-0.2, 0) is 6.42 Å². The number of nitrogens with zero attached hydrogens (tertiary/aromatic N) is 1. The molecule has 1 unspecified atom stereocenters. The number of pyridine rings is 1. The molecule has 39 heavy (non-hydrogen) atoms. The van der Waals surface area contributed by atoms with E-state index in [1.54, 1.807) is 0 Å². The van der Waals surface area contributed by atoms with E-state index in [1.165, 1.54) is 39.2 Å². The normalized spacial score (nSPS) is 11.8. The van der Waals surface area contributed by atoms with E-state index in [0.29, 0.717) is 6.04 Å². The lowest BCUT2D eigenvalue weighted by Crippen LogP contribution is -2.42. The summed E-state index contributed by atoms with van der Waals surface area (Å²) in [5.74, 6) is 0. The Bertz CT molecular complexity index is 1380.